The second-order valence-electron chi connectivity index (χ2n) is 9.18. The first kappa shape index (κ1) is 17.9. The number of hydrogen-bond donors (Lipinski definition) is 0. The van der Waals surface area contributed by atoms with E-state index in [-0.39, 0.29) is 23.5 Å². The average Bonchev–Trinajstić information content (AvgIpc) is 3.04. The monoisotopic (exact) mass is 378 g/mol. The van der Waals surface area contributed by atoms with Gasteiger partial charge in [-0.15, -0.1) is 9.24 Å². The van der Waals surface area contributed by atoms with Crippen molar-refractivity contribution in [3.05, 3.63) is 53.6 Å². The molecular weight excluding hydrogens is 350 g/mol. The fraction of sp³-hybridized carbons (Fsp3) is 0.478. The lowest BCUT2D eigenvalue weighted by Crippen LogP contribution is -2.38. The summed E-state index contributed by atoms with van der Waals surface area (Å²) in [6, 6.07) is 15.9. The largest absolute Gasteiger partial charge is 0.495 e. The van der Waals surface area contributed by atoms with E-state index in [0.717, 1.165) is 5.46 Å². The number of hydrogen-bond acceptors (Lipinski definition) is 2. The molecule has 5 rings (SSSR count). The molecule has 0 amide bonds. The Morgan fingerprint density at radius 1 is 0.852 bits per heavy atom. The molecule has 2 aromatic rings. The van der Waals surface area contributed by atoms with Gasteiger partial charge in [-0.05, 0) is 61.3 Å². The van der Waals surface area contributed by atoms with Crippen molar-refractivity contribution >= 4 is 21.8 Å². The van der Waals surface area contributed by atoms with Crippen LogP contribution in [0.3, 0.4) is 0 Å². The molecule has 27 heavy (non-hydrogen) atoms. The maximum absolute atomic E-state index is 6.29. The van der Waals surface area contributed by atoms with Crippen molar-refractivity contribution in [3.8, 4) is 11.1 Å². The lowest BCUT2D eigenvalue weighted by molar-refractivity contribution is 0.0595. The maximum Gasteiger partial charge on any atom is 0.495 e. The van der Waals surface area contributed by atoms with Gasteiger partial charge in [0.05, 0.1) is 10.9 Å². The normalized spacial score (nSPS) is 27.6. The van der Waals surface area contributed by atoms with Crippen molar-refractivity contribution in [1.82, 2.24) is 0 Å². The Morgan fingerprint density at radius 3 is 2.26 bits per heavy atom. The van der Waals surface area contributed by atoms with Gasteiger partial charge >= 0.3 is 7.12 Å². The zero-order chi connectivity index (χ0) is 18.9. The first-order valence-corrected chi connectivity index (χ1v) is 10.8. The van der Waals surface area contributed by atoms with Crippen LogP contribution in [-0.2, 0) is 14.7 Å². The summed E-state index contributed by atoms with van der Waals surface area (Å²) in [6.45, 7) is 6.27. The van der Waals surface area contributed by atoms with Crippen molar-refractivity contribution in [2.45, 2.75) is 69.2 Å². The Labute approximate surface area is 165 Å². The zero-order valence-corrected chi connectivity index (χ0v) is 17.7. The van der Waals surface area contributed by atoms with E-state index >= 15 is 0 Å². The predicted octanol–water partition coefficient (Wildman–Crippen LogP) is 5.03. The number of fused-ring (bicyclic) bond motifs is 5. The van der Waals surface area contributed by atoms with Crippen LogP contribution in [0.1, 0.15) is 64.0 Å². The molecule has 2 nitrogen and oxygen atoms in total. The van der Waals surface area contributed by atoms with Crippen LogP contribution < -0.4 is 5.46 Å². The highest BCUT2D eigenvalue weighted by molar-refractivity contribution is 7.19. The Hall–Kier alpha value is -1.15. The van der Waals surface area contributed by atoms with Crippen LogP contribution in [0.5, 0.6) is 0 Å². The molecule has 2 unspecified atom stereocenters. The van der Waals surface area contributed by atoms with Gasteiger partial charge in [-0.3, -0.25) is 0 Å². The highest BCUT2D eigenvalue weighted by Crippen LogP contribution is 2.55. The molecule has 1 heterocycles. The Balaban J connectivity index is 1.61. The third-order valence-electron chi connectivity index (χ3n) is 7.22. The van der Waals surface area contributed by atoms with E-state index in [9.17, 15) is 0 Å². The molecule has 2 fully saturated rings. The van der Waals surface area contributed by atoms with E-state index in [4.69, 9.17) is 9.31 Å². The first-order valence-electron chi connectivity index (χ1n) is 10.2. The van der Waals surface area contributed by atoms with Crippen LogP contribution in [0.2, 0.25) is 0 Å². The molecule has 4 heteroatoms. The third-order valence-corrected chi connectivity index (χ3v) is 8.05. The van der Waals surface area contributed by atoms with Gasteiger partial charge in [0.1, 0.15) is 0 Å². The SMILES string of the molecule is CC1(C)OB(c2ccc3c(c2)-c2ccccc2C32CCCCC2)OC1(C)P. The standard InChI is InChI=1S/C23H28BO2P/c1-21(2)22(3,27)26-24(25-21)16-11-12-20-18(15-16)17-9-5-6-10-19(17)23(20)13-7-4-8-14-23/h5-6,9-12,15H,4,7-8,13-14,27H2,1-3H3. The molecule has 0 aromatic heterocycles. The fourth-order valence-electron chi connectivity index (χ4n) is 5.23. The van der Waals surface area contributed by atoms with Gasteiger partial charge < -0.3 is 9.31 Å². The summed E-state index contributed by atoms with van der Waals surface area (Å²) in [4.78, 5) is 0. The summed E-state index contributed by atoms with van der Waals surface area (Å²) in [5.41, 5.74) is 6.82. The van der Waals surface area contributed by atoms with Gasteiger partial charge in [0.25, 0.3) is 0 Å². The van der Waals surface area contributed by atoms with Crippen LogP contribution in [0.15, 0.2) is 42.5 Å². The molecule has 140 valence electrons. The maximum atomic E-state index is 6.29. The van der Waals surface area contributed by atoms with E-state index in [0.29, 0.717) is 0 Å². The molecule has 1 saturated carbocycles. The van der Waals surface area contributed by atoms with Crippen molar-refractivity contribution < 1.29 is 9.31 Å². The zero-order valence-electron chi connectivity index (χ0n) is 16.5. The molecule has 0 bridgehead atoms. The van der Waals surface area contributed by atoms with E-state index < -0.39 is 0 Å². The third kappa shape index (κ3) is 2.51. The van der Waals surface area contributed by atoms with Crippen LogP contribution in [0.4, 0.5) is 0 Å². The van der Waals surface area contributed by atoms with Crippen LogP contribution in [0.25, 0.3) is 11.1 Å². The average molecular weight is 378 g/mol. The van der Waals surface area contributed by atoms with Crippen molar-refractivity contribution in [3.63, 3.8) is 0 Å². The first-order chi connectivity index (χ1) is 12.8. The Kier molecular flexibility index (Phi) is 3.93. The van der Waals surface area contributed by atoms with Gasteiger partial charge in [-0.25, -0.2) is 0 Å². The number of rotatable bonds is 1. The Bertz CT molecular complexity index is 883. The lowest BCUT2D eigenvalue weighted by atomic mass is 9.67. The van der Waals surface area contributed by atoms with Crippen LogP contribution >= 0.6 is 9.24 Å². The fourth-order valence-corrected chi connectivity index (χ4v) is 5.42. The van der Waals surface area contributed by atoms with Gasteiger partial charge in [0.2, 0.25) is 0 Å². The molecule has 3 aliphatic rings. The second kappa shape index (κ2) is 5.93. The van der Waals surface area contributed by atoms with E-state index in [1.807, 2.05) is 0 Å². The minimum Gasteiger partial charge on any atom is -0.399 e. The molecule has 0 N–H and O–H groups in total. The molecule has 2 aliphatic carbocycles. The molecule has 0 radical (unpaired) electrons. The lowest BCUT2D eigenvalue weighted by Gasteiger charge is -2.36. The molecule has 2 atom stereocenters. The Morgan fingerprint density at radius 2 is 1.56 bits per heavy atom. The highest BCUT2D eigenvalue weighted by Gasteiger charge is 2.52. The predicted molar refractivity (Wildman–Crippen MR) is 115 cm³/mol. The van der Waals surface area contributed by atoms with E-state index in [1.54, 1.807) is 0 Å². The minimum absolute atomic E-state index is 0.217. The quantitative estimate of drug-likeness (QED) is 0.512. The molecule has 1 aliphatic heterocycles. The molecular formula is C23H28BO2P. The van der Waals surface area contributed by atoms with Crippen LogP contribution in [-0.4, -0.2) is 18.1 Å². The highest BCUT2D eigenvalue weighted by atomic mass is 31.0. The van der Waals surface area contributed by atoms with Crippen molar-refractivity contribution in [2.24, 2.45) is 0 Å². The van der Waals surface area contributed by atoms with Crippen LogP contribution in [0, 0.1) is 0 Å². The second-order valence-corrected chi connectivity index (χ2v) is 10.3. The summed E-state index contributed by atoms with van der Waals surface area (Å²) in [5, 5.41) is -0.390. The van der Waals surface area contributed by atoms with Gasteiger partial charge in [-0.2, -0.15) is 0 Å². The molecule has 2 aromatic carbocycles. The van der Waals surface area contributed by atoms with Gasteiger partial charge in [0, 0.05) is 5.41 Å². The van der Waals surface area contributed by atoms with E-state index in [2.05, 4.69) is 72.5 Å². The summed E-state index contributed by atoms with van der Waals surface area (Å²) in [7, 11) is 2.50. The van der Waals surface area contributed by atoms with Crippen molar-refractivity contribution in [2.75, 3.05) is 0 Å². The topological polar surface area (TPSA) is 18.5 Å². The number of benzene rings is 2. The van der Waals surface area contributed by atoms with Crippen molar-refractivity contribution in [1.29, 1.82) is 0 Å². The summed E-state index contributed by atoms with van der Waals surface area (Å²) in [5.74, 6) is 0. The summed E-state index contributed by atoms with van der Waals surface area (Å²) >= 11 is 0. The summed E-state index contributed by atoms with van der Waals surface area (Å²) < 4.78 is 12.6. The minimum atomic E-state index is -0.390. The van der Waals surface area contributed by atoms with Gasteiger partial charge in [0.15, 0.2) is 0 Å². The molecule has 1 spiro atoms. The molecule has 1 saturated heterocycles. The van der Waals surface area contributed by atoms with Gasteiger partial charge in [-0.1, -0.05) is 61.7 Å². The van der Waals surface area contributed by atoms with E-state index in [1.165, 1.54) is 54.4 Å². The smallest absolute Gasteiger partial charge is 0.399 e. The summed E-state index contributed by atoms with van der Waals surface area (Å²) in [6.07, 6.45) is 6.55.